The molecule has 7 aromatic carbocycles. The summed E-state index contributed by atoms with van der Waals surface area (Å²) in [5, 5.41) is 4.47. The van der Waals surface area contributed by atoms with Crippen molar-refractivity contribution in [1.82, 2.24) is 14.5 Å². The lowest BCUT2D eigenvalue weighted by molar-refractivity contribution is 1.12. The second-order valence-electron chi connectivity index (χ2n) is 12.9. The van der Waals surface area contributed by atoms with Gasteiger partial charge in [-0.3, -0.25) is 9.55 Å². The summed E-state index contributed by atoms with van der Waals surface area (Å²) in [6.07, 6.45) is 1.83. The monoisotopic (exact) mass is 649 g/mol. The molecule has 230 valence electrons. The first-order valence-corrected chi connectivity index (χ1v) is 17.0. The number of benzene rings is 7. The number of hydrogen-bond acceptors (Lipinski definition) is 2. The van der Waals surface area contributed by atoms with E-state index >= 15 is 0 Å². The van der Waals surface area contributed by atoms with Crippen LogP contribution in [0.4, 0.5) is 0 Å². The average molecular weight is 649 g/mol. The van der Waals surface area contributed by atoms with Crippen LogP contribution in [-0.2, 0) is 0 Å². The Morgan fingerprint density at radius 3 is 1.63 bits per heavy atom. The molecule has 52 heavy (non-hydrogen) atoms. The van der Waals surface area contributed by atoms with E-state index in [2.05, 4.69) is 96.0 Å². The standard InChI is InChI=1S/C44H24B5N3/c45-38-39(46)41(48)43(42(49)40(38)47)52-35-22-8-7-21-34(35)51-44(52)32-19-6-5-18-31(32)37-29-16-3-1-14-27(29)36(28-15-2-4-17-30(28)37)26-13-11-12-25(24-26)33-20-9-10-23-50-33/h1-24H. The van der Waals surface area contributed by atoms with E-state index in [4.69, 9.17) is 44.2 Å². The smallest absolute Gasteiger partial charge is 0.146 e. The number of nitrogens with zero attached hydrogens (tertiary/aromatic N) is 3. The highest BCUT2D eigenvalue weighted by atomic mass is 15.1. The van der Waals surface area contributed by atoms with Gasteiger partial charge in [0.15, 0.2) is 0 Å². The molecule has 0 aliphatic heterocycles. The third-order valence-corrected chi connectivity index (χ3v) is 9.94. The first-order chi connectivity index (χ1) is 25.4. The highest BCUT2D eigenvalue weighted by molar-refractivity contribution is 6.68. The number of hydrogen-bond donors (Lipinski definition) is 0. The topological polar surface area (TPSA) is 30.7 Å². The summed E-state index contributed by atoms with van der Waals surface area (Å²) in [5.41, 5.74) is 10.2. The van der Waals surface area contributed by atoms with Gasteiger partial charge in [-0.2, -0.15) is 0 Å². The van der Waals surface area contributed by atoms with Crippen LogP contribution in [0.1, 0.15) is 0 Å². The summed E-state index contributed by atoms with van der Waals surface area (Å²) in [4.78, 5) is 9.83. The average Bonchev–Trinajstić information content (AvgIpc) is 3.58. The number of fused-ring (bicyclic) bond motifs is 3. The lowest BCUT2D eigenvalue weighted by atomic mass is 9.61. The summed E-state index contributed by atoms with van der Waals surface area (Å²) >= 11 is 0. The minimum Gasteiger partial charge on any atom is -0.294 e. The molecule has 0 saturated heterocycles. The predicted octanol–water partition coefficient (Wildman–Crippen LogP) is 5.36. The fraction of sp³-hybridized carbons (Fsp3) is 0. The molecule has 10 radical (unpaired) electrons. The molecule has 0 amide bonds. The van der Waals surface area contributed by atoms with Crippen molar-refractivity contribution >= 4 is 99.1 Å². The summed E-state index contributed by atoms with van der Waals surface area (Å²) < 4.78 is 1.95. The lowest BCUT2D eigenvalue weighted by Gasteiger charge is -2.24. The van der Waals surface area contributed by atoms with Crippen molar-refractivity contribution in [3.8, 4) is 50.6 Å². The van der Waals surface area contributed by atoms with Gasteiger partial charge in [-0.1, -0.05) is 120 Å². The second kappa shape index (κ2) is 12.6. The Kier molecular flexibility index (Phi) is 7.77. The molecule has 0 atom stereocenters. The van der Waals surface area contributed by atoms with Crippen molar-refractivity contribution in [3.05, 3.63) is 146 Å². The molecule has 0 saturated carbocycles. The van der Waals surface area contributed by atoms with Gasteiger partial charge in [0.2, 0.25) is 0 Å². The van der Waals surface area contributed by atoms with Gasteiger partial charge in [0.05, 0.1) is 16.7 Å². The maximum Gasteiger partial charge on any atom is 0.146 e. The van der Waals surface area contributed by atoms with E-state index in [0.29, 0.717) is 11.5 Å². The van der Waals surface area contributed by atoms with Crippen LogP contribution in [0.2, 0.25) is 0 Å². The fourth-order valence-corrected chi connectivity index (χ4v) is 7.50. The second-order valence-corrected chi connectivity index (χ2v) is 12.9. The van der Waals surface area contributed by atoms with Crippen LogP contribution in [0.5, 0.6) is 0 Å². The molecular formula is C44H24B5N3. The first kappa shape index (κ1) is 31.9. The number of aromatic nitrogens is 3. The Labute approximate surface area is 308 Å². The molecule has 9 aromatic rings. The molecule has 0 N–H and O–H groups in total. The molecule has 9 rings (SSSR count). The maximum atomic E-state index is 6.71. The largest absolute Gasteiger partial charge is 0.294 e. The molecule has 0 bridgehead atoms. The summed E-state index contributed by atoms with van der Waals surface area (Å²) in [7, 11) is 32.5. The van der Waals surface area contributed by atoms with Crippen molar-refractivity contribution in [2.75, 3.05) is 0 Å². The Hall–Kier alpha value is -6.00. The molecule has 8 heteroatoms. The van der Waals surface area contributed by atoms with E-state index in [1.54, 1.807) is 0 Å². The van der Waals surface area contributed by atoms with Gasteiger partial charge in [0.25, 0.3) is 0 Å². The molecule has 2 heterocycles. The third-order valence-electron chi connectivity index (χ3n) is 9.94. The Morgan fingerprint density at radius 2 is 0.981 bits per heavy atom. The highest BCUT2D eigenvalue weighted by Crippen LogP contribution is 2.46. The van der Waals surface area contributed by atoms with Crippen LogP contribution in [0.3, 0.4) is 0 Å². The lowest BCUT2D eigenvalue weighted by Crippen LogP contribution is -2.56. The minimum atomic E-state index is 0.161. The van der Waals surface area contributed by atoms with Gasteiger partial charge in [-0.25, -0.2) is 4.98 Å². The zero-order valence-corrected chi connectivity index (χ0v) is 28.1. The predicted molar refractivity (Wildman–Crippen MR) is 223 cm³/mol. The number of para-hydroxylation sites is 2. The van der Waals surface area contributed by atoms with Crippen LogP contribution in [-0.4, -0.2) is 53.8 Å². The molecular weight excluding hydrogens is 625 g/mol. The molecule has 0 aliphatic carbocycles. The zero-order valence-electron chi connectivity index (χ0n) is 28.1. The van der Waals surface area contributed by atoms with Crippen molar-refractivity contribution in [2.45, 2.75) is 0 Å². The molecule has 0 aliphatic rings. The number of pyridine rings is 1. The van der Waals surface area contributed by atoms with Gasteiger partial charge < -0.3 is 0 Å². The van der Waals surface area contributed by atoms with Crippen LogP contribution < -0.4 is 27.3 Å². The number of rotatable bonds is 5. The Morgan fingerprint density at radius 1 is 0.442 bits per heavy atom. The SMILES string of the molecule is [B]c1c([B])c([B])c(-n2c(-c3ccccc3-c3c4ccccc4c(-c4cccc(-c5ccccn5)c4)c4ccccc34)nc3ccccc32)c([B])c1[B]. The van der Waals surface area contributed by atoms with E-state index in [0.717, 1.165) is 71.7 Å². The summed E-state index contributed by atoms with van der Waals surface area (Å²) in [5.74, 6) is 0.638. The van der Waals surface area contributed by atoms with E-state index in [1.807, 2.05) is 59.3 Å². The van der Waals surface area contributed by atoms with Gasteiger partial charge >= 0.3 is 0 Å². The quantitative estimate of drug-likeness (QED) is 0.186. The van der Waals surface area contributed by atoms with Gasteiger partial charge in [0, 0.05) is 23.0 Å². The molecule has 0 fully saturated rings. The van der Waals surface area contributed by atoms with E-state index in [9.17, 15) is 0 Å². The Bertz CT molecular complexity index is 2780. The highest BCUT2D eigenvalue weighted by Gasteiger charge is 2.24. The van der Waals surface area contributed by atoms with Gasteiger partial charge in [-0.15, -0.1) is 16.4 Å². The zero-order chi connectivity index (χ0) is 35.5. The molecule has 2 aromatic heterocycles. The maximum absolute atomic E-state index is 6.71. The minimum absolute atomic E-state index is 0.161. The van der Waals surface area contributed by atoms with Crippen molar-refractivity contribution in [3.63, 3.8) is 0 Å². The normalized spacial score (nSPS) is 11.5. The van der Waals surface area contributed by atoms with E-state index in [1.165, 1.54) is 0 Å². The summed E-state index contributed by atoms with van der Waals surface area (Å²) in [6.45, 7) is 0. The van der Waals surface area contributed by atoms with Crippen LogP contribution in [0.25, 0.3) is 83.2 Å². The fourth-order valence-electron chi connectivity index (χ4n) is 7.50. The number of imidazole rings is 1. The Balaban J connectivity index is 1.36. The van der Waals surface area contributed by atoms with Crippen LogP contribution in [0.15, 0.2) is 146 Å². The van der Waals surface area contributed by atoms with E-state index < -0.39 is 0 Å². The van der Waals surface area contributed by atoms with Crippen LogP contribution >= 0.6 is 0 Å². The van der Waals surface area contributed by atoms with Gasteiger partial charge in [-0.05, 0) is 74.1 Å². The third kappa shape index (κ3) is 4.97. The molecule has 0 spiro atoms. The molecule has 0 unspecified atom stereocenters. The summed E-state index contributed by atoms with van der Waals surface area (Å²) in [6, 6.07) is 47.9. The van der Waals surface area contributed by atoms with Crippen LogP contribution in [0, 0.1) is 0 Å². The van der Waals surface area contributed by atoms with Gasteiger partial charge in [0.1, 0.15) is 45.1 Å². The van der Waals surface area contributed by atoms with Crippen molar-refractivity contribution in [1.29, 1.82) is 0 Å². The van der Waals surface area contributed by atoms with Crippen molar-refractivity contribution in [2.24, 2.45) is 0 Å². The van der Waals surface area contributed by atoms with Crippen molar-refractivity contribution < 1.29 is 0 Å². The first-order valence-electron chi connectivity index (χ1n) is 17.0. The molecule has 3 nitrogen and oxygen atoms in total. The van der Waals surface area contributed by atoms with E-state index in [-0.39, 0.29) is 27.3 Å².